The van der Waals surface area contributed by atoms with Gasteiger partial charge in [0.25, 0.3) is 5.91 Å². The van der Waals surface area contributed by atoms with Crippen LogP contribution < -0.4 is 5.32 Å². The van der Waals surface area contributed by atoms with Crippen LogP contribution in [0.25, 0.3) is 5.69 Å². The smallest absolute Gasteiger partial charge is 0.278 e. The van der Waals surface area contributed by atoms with E-state index < -0.39 is 0 Å². The monoisotopic (exact) mass is 354 g/mol. The number of benzene rings is 2. The highest BCUT2D eigenvalue weighted by Crippen LogP contribution is 2.23. The van der Waals surface area contributed by atoms with Gasteiger partial charge in [0.15, 0.2) is 5.69 Å². The van der Waals surface area contributed by atoms with Crippen LogP contribution in [0.3, 0.4) is 0 Å². The van der Waals surface area contributed by atoms with Crippen LogP contribution in [0.4, 0.5) is 5.69 Å². The summed E-state index contributed by atoms with van der Waals surface area (Å²) in [4.78, 5) is 14.1. The molecule has 0 unspecified atom stereocenters. The molecule has 1 heterocycles. The lowest BCUT2D eigenvalue weighted by molar-refractivity contribution is 0.102. The number of anilines is 1. The quantitative estimate of drug-likeness (QED) is 0.758. The van der Waals surface area contributed by atoms with Crippen molar-refractivity contribution in [1.82, 2.24) is 15.0 Å². The van der Waals surface area contributed by atoms with Crippen LogP contribution in [0.1, 0.15) is 32.9 Å². The number of rotatable bonds is 3. The van der Waals surface area contributed by atoms with Crippen molar-refractivity contribution in [2.75, 3.05) is 5.32 Å². The molecular weight excluding hydrogens is 336 g/mol. The van der Waals surface area contributed by atoms with Crippen molar-refractivity contribution in [3.05, 3.63) is 69.5 Å². The number of carbonyl (C=O) groups excluding carboxylic acids is 1. The highest BCUT2D eigenvalue weighted by atomic mass is 35.5. The van der Waals surface area contributed by atoms with E-state index in [4.69, 9.17) is 11.6 Å². The fourth-order valence-corrected chi connectivity index (χ4v) is 3.04. The van der Waals surface area contributed by atoms with Crippen LogP contribution in [0.15, 0.2) is 36.4 Å². The predicted octanol–water partition coefficient (Wildman–Crippen LogP) is 4.41. The molecule has 0 radical (unpaired) electrons. The van der Waals surface area contributed by atoms with Gasteiger partial charge in [-0.15, -0.1) is 5.10 Å². The number of nitrogens with zero attached hydrogens (tertiary/aromatic N) is 3. The lowest BCUT2D eigenvalue weighted by atomic mass is 10.0. The fourth-order valence-electron chi connectivity index (χ4n) is 2.85. The van der Waals surface area contributed by atoms with E-state index in [1.54, 1.807) is 19.1 Å². The summed E-state index contributed by atoms with van der Waals surface area (Å²) in [5.41, 5.74) is 5.57. The molecule has 1 amide bonds. The van der Waals surface area contributed by atoms with Crippen LogP contribution in [-0.2, 0) is 0 Å². The van der Waals surface area contributed by atoms with E-state index >= 15 is 0 Å². The van der Waals surface area contributed by atoms with Crippen LogP contribution in [0, 0.1) is 27.7 Å². The van der Waals surface area contributed by atoms with Crippen molar-refractivity contribution in [2.45, 2.75) is 27.7 Å². The Morgan fingerprint density at radius 2 is 1.72 bits per heavy atom. The third-order valence-corrected chi connectivity index (χ3v) is 4.19. The molecule has 0 saturated heterocycles. The largest absolute Gasteiger partial charge is 0.320 e. The second kappa shape index (κ2) is 6.69. The van der Waals surface area contributed by atoms with Gasteiger partial charge in [0.1, 0.15) is 0 Å². The SMILES string of the molecule is Cc1cc(C)c(NC(=O)c2nn(-c3cccc(Cl)c3)nc2C)c(C)c1. The van der Waals surface area contributed by atoms with Gasteiger partial charge >= 0.3 is 0 Å². The zero-order valence-electron chi connectivity index (χ0n) is 14.6. The van der Waals surface area contributed by atoms with Crippen LogP contribution >= 0.6 is 11.6 Å². The molecule has 1 aromatic heterocycles. The summed E-state index contributed by atoms with van der Waals surface area (Å²) in [5.74, 6) is -0.277. The van der Waals surface area contributed by atoms with Gasteiger partial charge in [-0.25, -0.2) is 0 Å². The second-order valence-corrected chi connectivity index (χ2v) is 6.57. The summed E-state index contributed by atoms with van der Waals surface area (Å²) >= 11 is 6.01. The van der Waals surface area contributed by atoms with Gasteiger partial charge in [-0.2, -0.15) is 9.90 Å². The number of hydrogen-bond donors (Lipinski definition) is 1. The number of aromatic nitrogens is 3. The molecule has 25 heavy (non-hydrogen) atoms. The summed E-state index contributed by atoms with van der Waals surface area (Å²) in [5, 5.41) is 12.2. The van der Waals surface area contributed by atoms with Gasteiger partial charge in [-0.1, -0.05) is 35.4 Å². The number of carbonyl (C=O) groups is 1. The van der Waals surface area contributed by atoms with Crippen molar-refractivity contribution < 1.29 is 4.79 Å². The lowest BCUT2D eigenvalue weighted by Crippen LogP contribution is -2.16. The summed E-state index contributed by atoms with van der Waals surface area (Å²) in [6, 6.07) is 11.3. The maximum atomic E-state index is 12.7. The molecule has 5 nitrogen and oxygen atoms in total. The van der Waals surface area contributed by atoms with E-state index in [9.17, 15) is 4.79 Å². The first-order chi connectivity index (χ1) is 11.8. The average molecular weight is 355 g/mol. The van der Waals surface area contributed by atoms with E-state index in [2.05, 4.69) is 15.5 Å². The first kappa shape index (κ1) is 17.2. The molecule has 0 fully saturated rings. The number of amides is 1. The number of halogens is 1. The Hall–Kier alpha value is -2.66. The van der Waals surface area contributed by atoms with E-state index in [1.807, 2.05) is 45.0 Å². The maximum Gasteiger partial charge on any atom is 0.278 e. The van der Waals surface area contributed by atoms with Gasteiger partial charge in [-0.05, 0) is 57.0 Å². The Morgan fingerprint density at radius 3 is 2.36 bits per heavy atom. The molecule has 0 saturated carbocycles. The van der Waals surface area contributed by atoms with Crippen molar-refractivity contribution in [3.8, 4) is 5.69 Å². The Balaban J connectivity index is 1.91. The second-order valence-electron chi connectivity index (χ2n) is 6.13. The third-order valence-electron chi connectivity index (χ3n) is 3.95. The minimum absolute atomic E-state index is 0.277. The highest BCUT2D eigenvalue weighted by Gasteiger charge is 2.18. The Labute approximate surface area is 151 Å². The van der Waals surface area contributed by atoms with E-state index in [-0.39, 0.29) is 5.91 Å². The van der Waals surface area contributed by atoms with Crippen LogP contribution in [0.5, 0.6) is 0 Å². The van der Waals surface area contributed by atoms with Gasteiger partial charge < -0.3 is 5.32 Å². The Bertz CT molecular complexity index is 939. The van der Waals surface area contributed by atoms with Crippen molar-refractivity contribution in [1.29, 1.82) is 0 Å². The maximum absolute atomic E-state index is 12.7. The molecule has 0 aliphatic heterocycles. The molecular formula is C19H19ClN4O. The zero-order chi connectivity index (χ0) is 18.1. The molecule has 0 atom stereocenters. The highest BCUT2D eigenvalue weighted by molar-refractivity contribution is 6.30. The normalized spacial score (nSPS) is 10.8. The van der Waals surface area contributed by atoms with E-state index in [1.165, 1.54) is 4.80 Å². The van der Waals surface area contributed by atoms with Crippen LogP contribution in [0.2, 0.25) is 5.02 Å². The van der Waals surface area contributed by atoms with Crippen LogP contribution in [-0.4, -0.2) is 20.9 Å². The minimum Gasteiger partial charge on any atom is -0.320 e. The topological polar surface area (TPSA) is 59.8 Å². The molecule has 2 aromatic carbocycles. The molecule has 0 aliphatic carbocycles. The Morgan fingerprint density at radius 1 is 1.04 bits per heavy atom. The standard InChI is InChI=1S/C19H19ClN4O/c1-11-8-12(2)17(13(3)9-11)21-19(25)18-14(4)22-24(23-18)16-7-5-6-15(20)10-16/h5-10H,1-4H3,(H,21,25). The predicted molar refractivity (Wildman–Crippen MR) is 99.7 cm³/mol. The minimum atomic E-state index is -0.277. The summed E-state index contributed by atoms with van der Waals surface area (Å²) in [6.07, 6.45) is 0. The van der Waals surface area contributed by atoms with Gasteiger partial charge in [0.05, 0.1) is 11.4 Å². The van der Waals surface area contributed by atoms with Crippen molar-refractivity contribution in [2.24, 2.45) is 0 Å². The first-order valence-corrected chi connectivity index (χ1v) is 8.32. The molecule has 1 N–H and O–H groups in total. The number of hydrogen-bond acceptors (Lipinski definition) is 3. The molecule has 3 rings (SSSR count). The summed E-state index contributed by atoms with van der Waals surface area (Å²) in [7, 11) is 0. The molecule has 0 bridgehead atoms. The number of nitrogens with one attached hydrogen (secondary N) is 1. The zero-order valence-corrected chi connectivity index (χ0v) is 15.3. The summed E-state index contributed by atoms with van der Waals surface area (Å²) < 4.78 is 0. The van der Waals surface area contributed by atoms with Crippen molar-refractivity contribution in [3.63, 3.8) is 0 Å². The molecule has 0 aliphatic rings. The first-order valence-electron chi connectivity index (χ1n) is 7.94. The van der Waals surface area contributed by atoms with Gasteiger partial charge in [-0.3, -0.25) is 4.79 Å². The third kappa shape index (κ3) is 3.56. The van der Waals surface area contributed by atoms with E-state index in [0.29, 0.717) is 22.1 Å². The molecule has 6 heteroatoms. The van der Waals surface area contributed by atoms with Crippen molar-refractivity contribution >= 4 is 23.2 Å². The van der Waals surface area contributed by atoms with Gasteiger partial charge in [0.2, 0.25) is 0 Å². The molecule has 0 spiro atoms. The van der Waals surface area contributed by atoms with Gasteiger partial charge in [0, 0.05) is 10.7 Å². The Kier molecular flexibility index (Phi) is 4.59. The summed E-state index contributed by atoms with van der Waals surface area (Å²) in [6.45, 7) is 7.75. The fraction of sp³-hybridized carbons (Fsp3) is 0.211. The molecule has 128 valence electrons. The molecule has 3 aromatic rings. The lowest BCUT2D eigenvalue weighted by Gasteiger charge is -2.12. The van der Waals surface area contributed by atoms with E-state index in [0.717, 1.165) is 22.4 Å². The number of aryl methyl sites for hydroxylation is 4. The average Bonchev–Trinajstić information content (AvgIpc) is 2.93.